The Bertz CT molecular complexity index is 152. The van der Waals surface area contributed by atoms with Gasteiger partial charge in [-0.3, -0.25) is 4.79 Å². The van der Waals surface area contributed by atoms with Crippen LogP contribution in [0.3, 0.4) is 0 Å². The van der Waals surface area contributed by atoms with Crippen molar-refractivity contribution in [2.75, 3.05) is 19.6 Å². The van der Waals surface area contributed by atoms with Gasteiger partial charge in [-0.15, -0.1) is 0 Å². The quantitative estimate of drug-likeness (QED) is 0.638. The number of ketones is 1. The van der Waals surface area contributed by atoms with Gasteiger partial charge in [0.25, 0.3) is 0 Å². The third kappa shape index (κ3) is 2.31. The summed E-state index contributed by atoms with van der Waals surface area (Å²) < 4.78 is 0. The Morgan fingerprint density at radius 3 is 2.50 bits per heavy atom. The first kappa shape index (κ1) is 9.72. The minimum absolute atomic E-state index is 0.352. The summed E-state index contributed by atoms with van der Waals surface area (Å²) in [5, 5.41) is 0. The van der Waals surface area contributed by atoms with Crippen molar-refractivity contribution in [2.24, 2.45) is 5.92 Å². The summed E-state index contributed by atoms with van der Waals surface area (Å²) in [7, 11) is 0. The van der Waals surface area contributed by atoms with E-state index in [0.29, 0.717) is 11.7 Å². The zero-order valence-corrected chi connectivity index (χ0v) is 8.18. The second-order valence-electron chi connectivity index (χ2n) is 3.54. The molecule has 1 rings (SSSR count). The molecule has 70 valence electrons. The Labute approximate surface area is 74.9 Å². The number of carbonyl (C=O) groups excluding carboxylic acids is 1. The third-order valence-corrected chi connectivity index (χ3v) is 2.80. The number of carbonyl (C=O) groups is 1. The predicted molar refractivity (Wildman–Crippen MR) is 50.1 cm³/mol. The van der Waals surface area contributed by atoms with E-state index in [1.54, 1.807) is 0 Å². The van der Waals surface area contributed by atoms with Crippen LogP contribution in [-0.2, 0) is 4.79 Å². The molecule has 1 fully saturated rings. The molecule has 0 aromatic carbocycles. The molecule has 0 spiro atoms. The summed E-state index contributed by atoms with van der Waals surface area (Å²) in [6, 6.07) is 0. The van der Waals surface area contributed by atoms with Gasteiger partial charge in [0.15, 0.2) is 0 Å². The van der Waals surface area contributed by atoms with Crippen molar-refractivity contribution < 1.29 is 4.79 Å². The summed E-state index contributed by atoms with van der Waals surface area (Å²) >= 11 is 0. The molecule has 0 amide bonds. The maximum absolute atomic E-state index is 11.3. The molecule has 0 saturated heterocycles. The predicted octanol–water partition coefficient (Wildman–Crippen LogP) is 1.70. The maximum atomic E-state index is 11.3. The third-order valence-electron chi connectivity index (χ3n) is 2.80. The first-order chi connectivity index (χ1) is 5.77. The van der Waals surface area contributed by atoms with E-state index < -0.39 is 0 Å². The molecule has 0 aliphatic heterocycles. The lowest BCUT2D eigenvalue weighted by Gasteiger charge is -2.21. The highest BCUT2D eigenvalue weighted by atomic mass is 16.1. The maximum Gasteiger partial charge on any atom is 0.137 e. The van der Waals surface area contributed by atoms with Crippen molar-refractivity contribution in [3.8, 4) is 0 Å². The topological polar surface area (TPSA) is 20.3 Å². The number of nitrogens with zero attached hydrogens (tertiary/aromatic N) is 1. The van der Waals surface area contributed by atoms with Gasteiger partial charge in [-0.2, -0.15) is 0 Å². The molecular formula is C10H19NO. The normalized spacial score (nSPS) is 23.9. The summed E-state index contributed by atoms with van der Waals surface area (Å²) in [6.45, 7) is 7.44. The van der Waals surface area contributed by atoms with Crippen LogP contribution in [0.15, 0.2) is 0 Å². The molecule has 0 radical (unpaired) electrons. The summed E-state index contributed by atoms with van der Waals surface area (Å²) in [4.78, 5) is 13.7. The fourth-order valence-electron chi connectivity index (χ4n) is 1.87. The van der Waals surface area contributed by atoms with Crippen molar-refractivity contribution in [2.45, 2.75) is 33.1 Å². The van der Waals surface area contributed by atoms with Crippen LogP contribution in [0.4, 0.5) is 0 Å². The molecule has 0 bridgehead atoms. The smallest absolute Gasteiger partial charge is 0.137 e. The summed E-state index contributed by atoms with van der Waals surface area (Å²) in [5.74, 6) is 0.840. The van der Waals surface area contributed by atoms with Crippen molar-refractivity contribution >= 4 is 5.78 Å². The molecular weight excluding hydrogens is 150 g/mol. The van der Waals surface area contributed by atoms with Crippen LogP contribution in [0.5, 0.6) is 0 Å². The van der Waals surface area contributed by atoms with Crippen LogP contribution in [0.2, 0.25) is 0 Å². The van der Waals surface area contributed by atoms with E-state index in [0.717, 1.165) is 38.9 Å². The second kappa shape index (κ2) is 4.61. The number of Topliss-reactive ketones (excluding diaryl/α,β-unsaturated/α-hetero) is 1. The molecule has 0 aromatic heterocycles. The van der Waals surface area contributed by atoms with Gasteiger partial charge < -0.3 is 4.90 Å². The van der Waals surface area contributed by atoms with Crippen molar-refractivity contribution in [1.29, 1.82) is 0 Å². The molecule has 1 atom stereocenters. The Kier molecular flexibility index (Phi) is 3.73. The lowest BCUT2D eigenvalue weighted by Crippen LogP contribution is -2.30. The van der Waals surface area contributed by atoms with E-state index >= 15 is 0 Å². The van der Waals surface area contributed by atoms with Crippen molar-refractivity contribution in [1.82, 2.24) is 4.90 Å². The highest BCUT2D eigenvalue weighted by Gasteiger charge is 2.25. The van der Waals surface area contributed by atoms with Gasteiger partial charge in [0, 0.05) is 18.9 Å². The van der Waals surface area contributed by atoms with Crippen molar-refractivity contribution in [3.63, 3.8) is 0 Å². The van der Waals surface area contributed by atoms with Gasteiger partial charge in [-0.25, -0.2) is 0 Å². The lowest BCUT2D eigenvalue weighted by molar-refractivity contribution is -0.121. The minimum atomic E-state index is 0.352. The van der Waals surface area contributed by atoms with Crippen LogP contribution in [0.25, 0.3) is 0 Å². The number of rotatable bonds is 4. The molecule has 0 unspecified atom stereocenters. The Balaban J connectivity index is 2.33. The van der Waals surface area contributed by atoms with Gasteiger partial charge in [-0.05, 0) is 25.9 Å². The zero-order valence-electron chi connectivity index (χ0n) is 8.18. The monoisotopic (exact) mass is 169 g/mol. The summed E-state index contributed by atoms with van der Waals surface area (Å²) in [5.41, 5.74) is 0. The van der Waals surface area contributed by atoms with E-state index in [2.05, 4.69) is 18.7 Å². The highest BCUT2D eigenvalue weighted by molar-refractivity contribution is 5.83. The van der Waals surface area contributed by atoms with E-state index in [1.807, 2.05) is 0 Å². The largest absolute Gasteiger partial charge is 0.303 e. The first-order valence-corrected chi connectivity index (χ1v) is 5.03. The van der Waals surface area contributed by atoms with Gasteiger partial charge in [0.1, 0.15) is 5.78 Å². The fourth-order valence-corrected chi connectivity index (χ4v) is 1.87. The van der Waals surface area contributed by atoms with Crippen LogP contribution < -0.4 is 0 Å². The molecule has 0 N–H and O–H groups in total. The summed E-state index contributed by atoms with van der Waals surface area (Å²) in [6.07, 6.45) is 3.06. The highest BCUT2D eigenvalue weighted by Crippen LogP contribution is 2.21. The number of hydrogen-bond acceptors (Lipinski definition) is 2. The van der Waals surface area contributed by atoms with Gasteiger partial charge >= 0.3 is 0 Å². The molecule has 0 aromatic rings. The van der Waals surface area contributed by atoms with Gasteiger partial charge in [-0.1, -0.05) is 13.8 Å². The Morgan fingerprint density at radius 2 is 2.08 bits per heavy atom. The van der Waals surface area contributed by atoms with E-state index in [-0.39, 0.29) is 0 Å². The Morgan fingerprint density at radius 1 is 1.42 bits per heavy atom. The van der Waals surface area contributed by atoms with E-state index in [9.17, 15) is 4.79 Å². The SMILES string of the molecule is CCN(CC)C[C@H]1CCCC1=O. The Hall–Kier alpha value is -0.370. The van der Waals surface area contributed by atoms with E-state index in [4.69, 9.17) is 0 Å². The average Bonchev–Trinajstić information content (AvgIpc) is 2.47. The molecule has 2 nitrogen and oxygen atoms in total. The van der Waals surface area contributed by atoms with Crippen LogP contribution in [0.1, 0.15) is 33.1 Å². The fraction of sp³-hybridized carbons (Fsp3) is 0.900. The van der Waals surface area contributed by atoms with Gasteiger partial charge in [0.2, 0.25) is 0 Å². The molecule has 1 aliphatic carbocycles. The lowest BCUT2D eigenvalue weighted by atomic mass is 10.1. The standard InChI is InChI=1S/C10H19NO/c1-3-11(4-2)8-9-6-5-7-10(9)12/h9H,3-8H2,1-2H3/t9-/m1/s1. The zero-order chi connectivity index (χ0) is 8.97. The molecule has 1 aliphatic rings. The average molecular weight is 169 g/mol. The molecule has 12 heavy (non-hydrogen) atoms. The molecule has 1 saturated carbocycles. The van der Waals surface area contributed by atoms with Crippen LogP contribution in [0, 0.1) is 5.92 Å². The molecule has 0 heterocycles. The van der Waals surface area contributed by atoms with Crippen LogP contribution in [-0.4, -0.2) is 30.3 Å². The first-order valence-electron chi connectivity index (χ1n) is 5.03. The van der Waals surface area contributed by atoms with Crippen molar-refractivity contribution in [3.05, 3.63) is 0 Å². The van der Waals surface area contributed by atoms with E-state index in [1.165, 1.54) is 0 Å². The number of hydrogen-bond donors (Lipinski definition) is 0. The molecule has 2 heteroatoms. The second-order valence-corrected chi connectivity index (χ2v) is 3.54. The van der Waals surface area contributed by atoms with Crippen LogP contribution >= 0.6 is 0 Å². The minimum Gasteiger partial charge on any atom is -0.303 e. The van der Waals surface area contributed by atoms with Gasteiger partial charge in [0.05, 0.1) is 0 Å².